The molecule has 92 valence electrons. The van der Waals surface area contributed by atoms with E-state index in [-0.39, 0.29) is 5.82 Å². The first kappa shape index (κ1) is 10.6. The van der Waals surface area contributed by atoms with E-state index in [1.807, 2.05) is 18.2 Å². The Hall–Kier alpha value is -2.35. The van der Waals surface area contributed by atoms with Gasteiger partial charge in [0.15, 0.2) is 0 Å². The van der Waals surface area contributed by atoms with E-state index >= 15 is 0 Å². The summed E-state index contributed by atoms with van der Waals surface area (Å²) < 4.78 is 19.2. The van der Waals surface area contributed by atoms with Crippen LogP contribution in [0.4, 0.5) is 4.39 Å². The van der Waals surface area contributed by atoms with E-state index in [2.05, 4.69) is 18.2 Å². The molecule has 0 N–H and O–H groups in total. The summed E-state index contributed by atoms with van der Waals surface area (Å²) in [5.41, 5.74) is 2.04. The van der Waals surface area contributed by atoms with Gasteiger partial charge in [0.25, 0.3) is 0 Å². The second-order valence-corrected chi connectivity index (χ2v) is 4.79. The highest BCUT2D eigenvalue weighted by molar-refractivity contribution is 5.88. The first-order valence-electron chi connectivity index (χ1n) is 6.28. The van der Waals surface area contributed by atoms with Gasteiger partial charge >= 0.3 is 0 Å². The second-order valence-electron chi connectivity index (χ2n) is 4.79. The van der Waals surface area contributed by atoms with Crippen molar-refractivity contribution in [3.8, 4) is 11.5 Å². The van der Waals surface area contributed by atoms with Crippen molar-refractivity contribution in [1.29, 1.82) is 0 Å². The van der Waals surface area contributed by atoms with Crippen LogP contribution in [0.2, 0.25) is 0 Å². The van der Waals surface area contributed by atoms with Crippen LogP contribution in [0.3, 0.4) is 0 Å². The molecule has 0 aliphatic carbocycles. The smallest absolute Gasteiger partial charge is 0.131 e. The topological polar surface area (TPSA) is 9.23 Å². The summed E-state index contributed by atoms with van der Waals surface area (Å²) in [6.07, 6.45) is 0.712. The van der Waals surface area contributed by atoms with Crippen molar-refractivity contribution in [3.63, 3.8) is 0 Å². The Labute approximate surface area is 110 Å². The summed E-state index contributed by atoms with van der Waals surface area (Å²) >= 11 is 0. The molecule has 0 bridgehead atoms. The van der Waals surface area contributed by atoms with Crippen LogP contribution in [0, 0.1) is 5.82 Å². The van der Waals surface area contributed by atoms with Crippen LogP contribution in [0.25, 0.3) is 10.8 Å². The summed E-state index contributed by atoms with van der Waals surface area (Å²) in [5.74, 6) is 1.41. The predicted octanol–water partition coefficient (Wildman–Crippen LogP) is 4.68. The van der Waals surface area contributed by atoms with Crippen molar-refractivity contribution < 1.29 is 9.13 Å². The average Bonchev–Trinajstić information content (AvgIpc) is 2.45. The molecular weight excluding hydrogens is 239 g/mol. The van der Waals surface area contributed by atoms with Crippen molar-refractivity contribution in [2.45, 2.75) is 6.42 Å². The minimum Gasteiger partial charge on any atom is -0.457 e. The maximum Gasteiger partial charge on any atom is 0.131 e. The van der Waals surface area contributed by atoms with Crippen molar-refractivity contribution in [3.05, 3.63) is 71.5 Å². The first-order chi connectivity index (χ1) is 9.31. The molecule has 2 heteroatoms. The number of halogens is 1. The van der Waals surface area contributed by atoms with Crippen molar-refractivity contribution in [2.75, 3.05) is 0 Å². The molecule has 0 amide bonds. The van der Waals surface area contributed by atoms with Crippen LogP contribution >= 0.6 is 0 Å². The Balaban J connectivity index is 1.95. The number of hydrogen-bond acceptors (Lipinski definition) is 1. The van der Waals surface area contributed by atoms with Gasteiger partial charge in [-0.1, -0.05) is 30.3 Å². The minimum absolute atomic E-state index is 0.217. The maximum atomic E-state index is 13.3. The quantitative estimate of drug-likeness (QED) is 0.440. The molecule has 0 saturated heterocycles. The molecule has 1 aliphatic rings. The van der Waals surface area contributed by atoms with Crippen LogP contribution < -0.4 is 4.74 Å². The van der Waals surface area contributed by atoms with E-state index in [1.165, 1.54) is 16.8 Å². The van der Waals surface area contributed by atoms with Gasteiger partial charge in [0.2, 0.25) is 0 Å². The van der Waals surface area contributed by atoms with E-state index < -0.39 is 0 Å². The molecular formula is C17H11FO. The SMILES string of the molecule is Fc1ccc2c(c1)Cc1c(ccc3ccccc13)O2. The third-order valence-electron chi connectivity index (χ3n) is 3.61. The Morgan fingerprint density at radius 2 is 1.74 bits per heavy atom. The molecule has 3 aromatic rings. The highest BCUT2D eigenvalue weighted by Crippen LogP contribution is 2.40. The zero-order valence-electron chi connectivity index (χ0n) is 10.2. The van der Waals surface area contributed by atoms with Crippen LogP contribution in [0.1, 0.15) is 11.1 Å². The largest absolute Gasteiger partial charge is 0.457 e. The molecule has 19 heavy (non-hydrogen) atoms. The summed E-state index contributed by atoms with van der Waals surface area (Å²) in [5, 5.41) is 2.36. The number of hydrogen-bond donors (Lipinski definition) is 0. The van der Waals surface area contributed by atoms with Gasteiger partial charge in [-0.3, -0.25) is 0 Å². The van der Waals surface area contributed by atoms with Gasteiger partial charge in [-0.2, -0.15) is 0 Å². The third-order valence-corrected chi connectivity index (χ3v) is 3.61. The number of benzene rings is 3. The molecule has 4 rings (SSSR count). The molecule has 0 radical (unpaired) electrons. The fourth-order valence-corrected chi connectivity index (χ4v) is 2.69. The number of rotatable bonds is 0. The normalized spacial score (nSPS) is 12.7. The Kier molecular flexibility index (Phi) is 2.12. The van der Waals surface area contributed by atoms with Gasteiger partial charge in [-0.15, -0.1) is 0 Å². The molecule has 0 unspecified atom stereocenters. The lowest BCUT2D eigenvalue weighted by Crippen LogP contribution is -2.04. The number of ether oxygens (including phenoxy) is 1. The van der Waals surface area contributed by atoms with E-state index in [9.17, 15) is 4.39 Å². The average molecular weight is 250 g/mol. The second kappa shape index (κ2) is 3.82. The Bertz CT molecular complexity index is 792. The monoisotopic (exact) mass is 250 g/mol. The molecule has 0 aromatic heterocycles. The number of fused-ring (bicyclic) bond motifs is 4. The summed E-state index contributed by atoms with van der Waals surface area (Å²) in [6.45, 7) is 0. The fourth-order valence-electron chi connectivity index (χ4n) is 2.69. The van der Waals surface area contributed by atoms with Gasteiger partial charge < -0.3 is 4.74 Å². The van der Waals surface area contributed by atoms with Crippen LogP contribution in [-0.2, 0) is 6.42 Å². The minimum atomic E-state index is -0.217. The lowest BCUT2D eigenvalue weighted by molar-refractivity contribution is 0.459. The lowest BCUT2D eigenvalue weighted by atomic mass is 9.95. The zero-order chi connectivity index (χ0) is 12.8. The van der Waals surface area contributed by atoms with E-state index in [4.69, 9.17) is 4.74 Å². The molecule has 0 atom stereocenters. The lowest BCUT2D eigenvalue weighted by Gasteiger charge is -2.21. The standard InChI is InChI=1S/C17H11FO/c18-13-6-8-16-12(9-13)10-15-14-4-2-1-3-11(14)5-7-17(15)19-16/h1-9H,10H2. The van der Waals surface area contributed by atoms with Crippen LogP contribution in [0.5, 0.6) is 11.5 Å². The summed E-state index contributed by atoms with van der Waals surface area (Å²) in [4.78, 5) is 0. The van der Waals surface area contributed by atoms with Crippen molar-refractivity contribution >= 4 is 10.8 Å². The Morgan fingerprint density at radius 3 is 2.68 bits per heavy atom. The zero-order valence-corrected chi connectivity index (χ0v) is 10.2. The predicted molar refractivity (Wildman–Crippen MR) is 73.2 cm³/mol. The summed E-state index contributed by atoms with van der Waals surface area (Å²) in [6, 6.07) is 16.9. The van der Waals surface area contributed by atoms with Crippen LogP contribution in [-0.4, -0.2) is 0 Å². The van der Waals surface area contributed by atoms with E-state index in [1.54, 1.807) is 12.1 Å². The van der Waals surface area contributed by atoms with Gasteiger partial charge in [0, 0.05) is 17.5 Å². The molecule has 3 aromatic carbocycles. The molecule has 1 heterocycles. The van der Waals surface area contributed by atoms with Crippen molar-refractivity contribution in [1.82, 2.24) is 0 Å². The van der Waals surface area contributed by atoms with Gasteiger partial charge in [0.1, 0.15) is 17.3 Å². The van der Waals surface area contributed by atoms with Gasteiger partial charge in [-0.25, -0.2) is 4.39 Å². The molecule has 0 fully saturated rings. The van der Waals surface area contributed by atoms with E-state index in [0.29, 0.717) is 6.42 Å². The van der Waals surface area contributed by atoms with Gasteiger partial charge in [0.05, 0.1) is 0 Å². The van der Waals surface area contributed by atoms with E-state index in [0.717, 1.165) is 22.6 Å². The third kappa shape index (κ3) is 1.60. The van der Waals surface area contributed by atoms with Crippen LogP contribution in [0.15, 0.2) is 54.6 Å². The van der Waals surface area contributed by atoms with Gasteiger partial charge in [-0.05, 0) is 35.0 Å². The summed E-state index contributed by atoms with van der Waals surface area (Å²) in [7, 11) is 0. The maximum absolute atomic E-state index is 13.3. The first-order valence-corrected chi connectivity index (χ1v) is 6.28. The molecule has 1 nitrogen and oxygen atoms in total. The fraction of sp³-hybridized carbons (Fsp3) is 0.0588. The highest BCUT2D eigenvalue weighted by Gasteiger charge is 2.19. The molecule has 1 aliphatic heterocycles. The molecule has 0 spiro atoms. The van der Waals surface area contributed by atoms with Crippen molar-refractivity contribution in [2.24, 2.45) is 0 Å². The molecule has 0 saturated carbocycles. The highest BCUT2D eigenvalue weighted by atomic mass is 19.1. The Morgan fingerprint density at radius 1 is 0.895 bits per heavy atom.